The molecule has 4 aromatic rings. The number of hydrogen-bond donors (Lipinski definition) is 0. The fraction of sp³-hybridized carbons (Fsp3) is 0.208. The van der Waals surface area contributed by atoms with E-state index in [0.717, 1.165) is 28.4 Å². The molecule has 0 radical (unpaired) electrons. The number of aliphatic imine (C=N–C) groups is 1. The normalized spacial score (nSPS) is 17.8. The molecule has 30 heavy (non-hydrogen) atoms. The van der Waals surface area contributed by atoms with Crippen LogP contribution in [0.4, 0.5) is 0 Å². The lowest BCUT2D eigenvalue weighted by molar-refractivity contribution is 0.568. The van der Waals surface area contributed by atoms with E-state index < -0.39 is 0 Å². The van der Waals surface area contributed by atoms with E-state index in [0.29, 0.717) is 11.7 Å². The first-order chi connectivity index (χ1) is 14.7. The number of oxazole rings is 1. The highest BCUT2D eigenvalue weighted by atomic mass is 127. The summed E-state index contributed by atoms with van der Waals surface area (Å²) in [5.41, 5.74) is 7.69. The van der Waals surface area contributed by atoms with Gasteiger partial charge in [-0.05, 0) is 72.0 Å². The molecule has 2 aromatic heterocycles. The van der Waals surface area contributed by atoms with Gasteiger partial charge in [0, 0.05) is 14.7 Å². The number of rotatable bonds is 3. The molecule has 148 valence electrons. The van der Waals surface area contributed by atoms with Crippen LogP contribution in [0.1, 0.15) is 54.1 Å². The Labute approximate surface area is 188 Å². The molecular weight excluding hydrogens is 487 g/mol. The molecule has 1 saturated carbocycles. The summed E-state index contributed by atoms with van der Waals surface area (Å²) in [5.74, 6) is 1.35. The SMILES string of the molecule is C[C@@H]1N=C(c2ccccc2I)c2cc(C3CC3)ccc2-n2cnc(-c3cnco3)c21. The Bertz CT molecular complexity index is 1280. The van der Waals surface area contributed by atoms with Gasteiger partial charge in [-0.15, -0.1) is 0 Å². The molecule has 6 rings (SSSR count). The predicted molar refractivity (Wildman–Crippen MR) is 124 cm³/mol. The summed E-state index contributed by atoms with van der Waals surface area (Å²) in [6.45, 7) is 2.12. The summed E-state index contributed by atoms with van der Waals surface area (Å²) in [5, 5.41) is 0. The Morgan fingerprint density at radius 2 is 1.97 bits per heavy atom. The zero-order valence-electron chi connectivity index (χ0n) is 16.4. The molecular formula is C24H19IN4O. The van der Waals surface area contributed by atoms with E-state index in [9.17, 15) is 0 Å². The average molecular weight is 506 g/mol. The molecule has 0 unspecified atom stereocenters. The van der Waals surface area contributed by atoms with Crippen molar-refractivity contribution in [1.29, 1.82) is 0 Å². The second-order valence-corrected chi connectivity index (χ2v) is 9.06. The zero-order chi connectivity index (χ0) is 20.2. The van der Waals surface area contributed by atoms with Crippen molar-refractivity contribution in [2.24, 2.45) is 4.99 Å². The molecule has 1 fully saturated rings. The van der Waals surface area contributed by atoms with Crippen molar-refractivity contribution >= 4 is 28.3 Å². The highest BCUT2D eigenvalue weighted by Gasteiger charge is 2.30. The first kappa shape index (κ1) is 18.1. The Hall–Kier alpha value is -2.74. The molecule has 2 aromatic carbocycles. The number of benzene rings is 2. The number of aromatic nitrogens is 3. The Morgan fingerprint density at radius 1 is 1.10 bits per heavy atom. The lowest BCUT2D eigenvalue weighted by Gasteiger charge is -2.14. The minimum atomic E-state index is -0.0876. The van der Waals surface area contributed by atoms with Gasteiger partial charge < -0.3 is 4.42 Å². The highest BCUT2D eigenvalue weighted by molar-refractivity contribution is 14.1. The number of halogens is 1. The van der Waals surface area contributed by atoms with Crippen LogP contribution in [0.15, 0.2) is 70.8 Å². The van der Waals surface area contributed by atoms with Gasteiger partial charge in [-0.3, -0.25) is 9.56 Å². The largest absolute Gasteiger partial charge is 0.442 e. The van der Waals surface area contributed by atoms with Crippen molar-refractivity contribution in [2.45, 2.75) is 31.7 Å². The second kappa shape index (κ2) is 6.91. The van der Waals surface area contributed by atoms with Crippen LogP contribution < -0.4 is 0 Å². The van der Waals surface area contributed by atoms with Crippen LogP contribution in [0.25, 0.3) is 17.1 Å². The van der Waals surface area contributed by atoms with E-state index in [4.69, 9.17) is 9.41 Å². The molecule has 6 heteroatoms. The van der Waals surface area contributed by atoms with Crippen molar-refractivity contribution in [3.63, 3.8) is 0 Å². The van der Waals surface area contributed by atoms with Crippen LogP contribution in [-0.4, -0.2) is 20.2 Å². The van der Waals surface area contributed by atoms with E-state index in [-0.39, 0.29) is 6.04 Å². The Kier molecular flexibility index (Phi) is 4.16. The third kappa shape index (κ3) is 2.85. The number of imidazole rings is 1. The summed E-state index contributed by atoms with van der Waals surface area (Å²) in [6, 6.07) is 15.2. The van der Waals surface area contributed by atoms with Gasteiger partial charge in [0.2, 0.25) is 0 Å². The van der Waals surface area contributed by atoms with Crippen LogP contribution in [0.3, 0.4) is 0 Å². The summed E-state index contributed by atoms with van der Waals surface area (Å²) < 4.78 is 8.94. The second-order valence-electron chi connectivity index (χ2n) is 7.90. The summed E-state index contributed by atoms with van der Waals surface area (Å²) in [4.78, 5) is 14.0. The molecule has 0 spiro atoms. The van der Waals surface area contributed by atoms with E-state index >= 15 is 0 Å². The maximum atomic E-state index is 5.57. The molecule has 0 saturated heterocycles. The first-order valence-corrected chi connectivity index (χ1v) is 11.2. The lowest BCUT2D eigenvalue weighted by Crippen LogP contribution is -2.09. The third-order valence-corrected chi connectivity index (χ3v) is 6.84. The third-order valence-electron chi connectivity index (χ3n) is 5.90. The van der Waals surface area contributed by atoms with Gasteiger partial charge in [0.25, 0.3) is 0 Å². The van der Waals surface area contributed by atoms with Gasteiger partial charge in [0.05, 0.1) is 29.3 Å². The maximum absolute atomic E-state index is 5.57. The minimum Gasteiger partial charge on any atom is -0.442 e. The number of nitrogens with zero attached hydrogens (tertiary/aromatic N) is 4. The van der Waals surface area contributed by atoms with E-state index in [1.54, 1.807) is 6.20 Å². The van der Waals surface area contributed by atoms with Gasteiger partial charge >= 0.3 is 0 Å². The average Bonchev–Trinajstić information content (AvgIpc) is 3.31. The van der Waals surface area contributed by atoms with Crippen LogP contribution in [-0.2, 0) is 0 Å². The molecule has 5 nitrogen and oxygen atoms in total. The molecule has 0 amide bonds. The standard InChI is InChI=1S/C24H19IN4O/c1-14-24-23(21-11-26-13-30-21)27-12-29(24)20-9-8-16(15-6-7-15)10-18(20)22(28-14)17-4-2-3-5-19(17)25/h2-5,8-15H,6-7H2,1H3/t14-/m0/s1. The molecule has 3 heterocycles. The predicted octanol–water partition coefficient (Wildman–Crippen LogP) is 5.92. The van der Waals surface area contributed by atoms with Crippen molar-refractivity contribution in [3.05, 3.63) is 87.3 Å². The number of fused-ring (bicyclic) bond motifs is 3. The first-order valence-electron chi connectivity index (χ1n) is 10.1. The smallest absolute Gasteiger partial charge is 0.181 e. The maximum Gasteiger partial charge on any atom is 0.181 e. The van der Waals surface area contributed by atoms with E-state index in [1.165, 1.54) is 33.9 Å². The molecule has 1 aliphatic heterocycles. The Morgan fingerprint density at radius 3 is 2.73 bits per heavy atom. The fourth-order valence-corrected chi connectivity index (χ4v) is 4.93. The Balaban J connectivity index is 1.63. The molecule has 0 N–H and O–H groups in total. The molecule has 0 bridgehead atoms. The minimum absolute atomic E-state index is 0.0876. The lowest BCUT2D eigenvalue weighted by atomic mass is 9.97. The van der Waals surface area contributed by atoms with Gasteiger partial charge in [-0.1, -0.05) is 24.3 Å². The van der Waals surface area contributed by atoms with Gasteiger partial charge in [-0.25, -0.2) is 9.97 Å². The molecule has 2 aliphatic rings. The van der Waals surface area contributed by atoms with Crippen LogP contribution in [0.2, 0.25) is 0 Å². The van der Waals surface area contributed by atoms with Gasteiger partial charge in [0.1, 0.15) is 12.0 Å². The van der Waals surface area contributed by atoms with Crippen molar-refractivity contribution in [3.8, 4) is 17.1 Å². The highest BCUT2D eigenvalue weighted by Crippen LogP contribution is 2.43. The topological polar surface area (TPSA) is 56.2 Å². The van der Waals surface area contributed by atoms with Crippen molar-refractivity contribution < 1.29 is 4.42 Å². The summed E-state index contributed by atoms with van der Waals surface area (Å²) in [6.07, 6.45) is 7.59. The van der Waals surface area contributed by atoms with Gasteiger partial charge in [-0.2, -0.15) is 0 Å². The van der Waals surface area contributed by atoms with Crippen molar-refractivity contribution in [2.75, 3.05) is 0 Å². The van der Waals surface area contributed by atoms with E-state index in [1.807, 2.05) is 6.33 Å². The van der Waals surface area contributed by atoms with E-state index in [2.05, 4.69) is 86.5 Å². The van der Waals surface area contributed by atoms with Crippen LogP contribution in [0.5, 0.6) is 0 Å². The van der Waals surface area contributed by atoms with Crippen molar-refractivity contribution in [1.82, 2.24) is 14.5 Å². The quantitative estimate of drug-likeness (QED) is 0.324. The summed E-state index contributed by atoms with van der Waals surface area (Å²) >= 11 is 2.41. The van der Waals surface area contributed by atoms with Crippen LogP contribution in [0, 0.1) is 3.57 Å². The van der Waals surface area contributed by atoms with Gasteiger partial charge in [0.15, 0.2) is 12.2 Å². The number of hydrogen-bond acceptors (Lipinski definition) is 4. The monoisotopic (exact) mass is 506 g/mol. The summed E-state index contributed by atoms with van der Waals surface area (Å²) in [7, 11) is 0. The molecule has 1 atom stereocenters. The molecule has 1 aliphatic carbocycles. The van der Waals surface area contributed by atoms with Crippen LogP contribution >= 0.6 is 22.6 Å². The fourth-order valence-electron chi connectivity index (χ4n) is 4.29. The zero-order valence-corrected chi connectivity index (χ0v) is 18.6.